The van der Waals surface area contributed by atoms with Crippen molar-refractivity contribution in [2.75, 3.05) is 19.0 Å². The highest BCUT2D eigenvalue weighted by Gasteiger charge is 2.06. The van der Waals surface area contributed by atoms with Crippen LogP contribution >= 0.6 is 0 Å². The van der Waals surface area contributed by atoms with Gasteiger partial charge in [-0.05, 0) is 71.8 Å². The number of hydrogen-bond acceptors (Lipinski definition) is 3. The predicted molar refractivity (Wildman–Crippen MR) is 138 cm³/mol. The van der Waals surface area contributed by atoms with Crippen LogP contribution in [-0.4, -0.2) is 19.0 Å². The van der Waals surface area contributed by atoms with Crippen molar-refractivity contribution in [2.24, 2.45) is 0 Å². The number of benzene rings is 2. The Labute approximate surface area is 199 Å². The van der Waals surface area contributed by atoms with Crippen LogP contribution in [0.1, 0.15) is 11.1 Å². The Morgan fingerprint density at radius 2 is 1.29 bits per heavy atom. The summed E-state index contributed by atoms with van der Waals surface area (Å²) < 4.78 is 0. The number of nitrogens with zero attached hydrogens (tertiary/aromatic N) is 2. The maximum Gasteiger partial charge on any atom is 0.269 e. The Balaban J connectivity index is 1.46. The molecule has 2 aliphatic rings. The van der Waals surface area contributed by atoms with E-state index in [1.807, 2.05) is 62.7 Å². The average Bonchev–Trinajstić information content (AvgIpc) is 3.19. The minimum absolute atomic E-state index is 0.0596. The van der Waals surface area contributed by atoms with Gasteiger partial charge in [-0.3, -0.25) is 10.1 Å². The molecule has 2 aromatic carbocycles. The molecule has 0 unspecified atom stereocenters. The lowest BCUT2D eigenvalue weighted by molar-refractivity contribution is -0.384. The monoisotopic (exact) mass is 442 g/mol. The molecule has 0 fully saturated rings. The number of hydrogen-bond donors (Lipinski definition) is 0. The molecule has 0 bridgehead atoms. The topological polar surface area (TPSA) is 46.4 Å². The largest absolute Gasteiger partial charge is 0.378 e. The highest BCUT2D eigenvalue weighted by Crippen LogP contribution is 2.22. The highest BCUT2D eigenvalue weighted by molar-refractivity contribution is 5.62. The summed E-state index contributed by atoms with van der Waals surface area (Å²) >= 11 is 0. The Bertz CT molecular complexity index is 1420. The highest BCUT2D eigenvalue weighted by atomic mass is 16.6. The van der Waals surface area contributed by atoms with Crippen molar-refractivity contribution in [1.82, 2.24) is 0 Å². The van der Waals surface area contributed by atoms with Crippen LogP contribution in [0, 0.1) is 33.8 Å². The second kappa shape index (κ2) is 10.2. The molecule has 0 spiro atoms. The van der Waals surface area contributed by atoms with E-state index in [4.69, 9.17) is 0 Å². The first kappa shape index (κ1) is 22.4. The van der Waals surface area contributed by atoms with Crippen LogP contribution in [0.4, 0.5) is 11.4 Å². The zero-order valence-corrected chi connectivity index (χ0v) is 18.9. The Hall–Kier alpha value is -4.80. The molecule has 2 aliphatic carbocycles. The van der Waals surface area contributed by atoms with Crippen LogP contribution in [0.5, 0.6) is 0 Å². The van der Waals surface area contributed by atoms with E-state index in [0.717, 1.165) is 39.1 Å². The first-order valence-electron chi connectivity index (χ1n) is 10.7. The average molecular weight is 443 g/mol. The molecule has 34 heavy (non-hydrogen) atoms. The van der Waals surface area contributed by atoms with Gasteiger partial charge < -0.3 is 4.90 Å². The molecule has 2 aromatic rings. The summed E-state index contributed by atoms with van der Waals surface area (Å²) in [5.41, 5.74) is 6.89. The molecule has 0 atom stereocenters. The smallest absolute Gasteiger partial charge is 0.269 e. The maximum absolute atomic E-state index is 10.8. The summed E-state index contributed by atoms with van der Waals surface area (Å²) in [6.07, 6.45) is 16.2. The number of nitro groups is 1. The molecule has 0 aromatic heterocycles. The van der Waals surface area contributed by atoms with E-state index in [1.54, 1.807) is 12.1 Å². The third-order valence-corrected chi connectivity index (χ3v) is 5.24. The zero-order valence-electron chi connectivity index (χ0n) is 18.9. The van der Waals surface area contributed by atoms with E-state index in [9.17, 15) is 10.1 Å². The van der Waals surface area contributed by atoms with Gasteiger partial charge >= 0.3 is 0 Å². The van der Waals surface area contributed by atoms with Gasteiger partial charge in [-0.15, -0.1) is 0 Å². The summed E-state index contributed by atoms with van der Waals surface area (Å²) in [5.74, 6) is 12.6. The van der Waals surface area contributed by atoms with Crippen molar-refractivity contribution >= 4 is 11.4 Å². The van der Waals surface area contributed by atoms with Crippen molar-refractivity contribution in [2.45, 2.75) is 0 Å². The standard InChI is InChI=1S/C30H22N2O2/c1-31(2)29-18-12-24(13-19-29)7-6-23-4-3-5-27(16-10-23)28-17-11-26(22-28)9-8-25-14-20-30(21-15-25)32(33)34/h3-5,10-22H,1-2H3/b28-27-. The summed E-state index contributed by atoms with van der Waals surface area (Å²) in [6.45, 7) is 0. The van der Waals surface area contributed by atoms with Crippen molar-refractivity contribution < 1.29 is 4.92 Å². The predicted octanol–water partition coefficient (Wildman–Crippen LogP) is 5.91. The van der Waals surface area contributed by atoms with Crippen LogP contribution in [0.3, 0.4) is 0 Å². The summed E-state index contributed by atoms with van der Waals surface area (Å²) in [4.78, 5) is 12.4. The number of allylic oxidation sites excluding steroid dienone is 12. The molecule has 0 N–H and O–H groups in total. The van der Waals surface area contributed by atoms with Crippen LogP contribution < -0.4 is 4.90 Å². The van der Waals surface area contributed by atoms with Crippen LogP contribution in [0.2, 0.25) is 0 Å². The fourth-order valence-corrected chi connectivity index (χ4v) is 3.32. The molecule has 4 nitrogen and oxygen atoms in total. The molecule has 0 amide bonds. The van der Waals surface area contributed by atoms with Crippen LogP contribution in [0.15, 0.2) is 119 Å². The first-order chi connectivity index (χ1) is 16.5. The lowest BCUT2D eigenvalue weighted by Gasteiger charge is -2.11. The van der Waals surface area contributed by atoms with Gasteiger partial charge in [0, 0.05) is 54.2 Å². The number of nitro benzene ring substituents is 1. The van der Waals surface area contributed by atoms with E-state index >= 15 is 0 Å². The molecule has 0 heterocycles. The number of non-ortho nitro benzene ring substituents is 1. The molecular formula is C30H22N2O2. The van der Waals surface area contributed by atoms with Gasteiger partial charge in [-0.25, -0.2) is 0 Å². The maximum atomic E-state index is 10.8. The van der Waals surface area contributed by atoms with Gasteiger partial charge in [-0.2, -0.15) is 0 Å². The van der Waals surface area contributed by atoms with Crippen molar-refractivity contribution in [3.8, 4) is 23.7 Å². The van der Waals surface area contributed by atoms with Crippen molar-refractivity contribution in [3.63, 3.8) is 0 Å². The molecule has 0 aliphatic heterocycles. The fourth-order valence-electron chi connectivity index (χ4n) is 3.32. The molecule has 4 rings (SSSR count). The van der Waals surface area contributed by atoms with Gasteiger partial charge in [0.05, 0.1) is 4.92 Å². The van der Waals surface area contributed by atoms with Crippen molar-refractivity contribution in [3.05, 3.63) is 141 Å². The third kappa shape index (κ3) is 5.71. The molecular weight excluding hydrogens is 420 g/mol. The number of rotatable bonds is 2. The molecule has 164 valence electrons. The van der Waals surface area contributed by atoms with Crippen molar-refractivity contribution in [1.29, 1.82) is 0 Å². The summed E-state index contributed by atoms with van der Waals surface area (Å²) in [5, 5.41) is 10.8. The third-order valence-electron chi connectivity index (χ3n) is 5.24. The van der Waals surface area contributed by atoms with E-state index < -0.39 is 4.92 Å². The minimum atomic E-state index is -0.417. The van der Waals surface area contributed by atoms with E-state index in [-0.39, 0.29) is 5.69 Å². The lowest BCUT2D eigenvalue weighted by atomic mass is 10.1. The Morgan fingerprint density at radius 1 is 0.706 bits per heavy atom. The molecule has 0 saturated carbocycles. The summed E-state index contributed by atoms with van der Waals surface area (Å²) in [7, 11) is 4.03. The first-order valence-corrected chi connectivity index (χ1v) is 10.7. The SMILES string of the molecule is CN(C)c1ccc(C#CC2=CC=C/C(=C3\C=CC(C#Cc4ccc([N+](=O)[O-])cc4)=C3)C=C2)cc1. The molecule has 0 saturated heterocycles. The lowest BCUT2D eigenvalue weighted by Crippen LogP contribution is -2.07. The van der Waals surface area contributed by atoms with Gasteiger partial charge in [0.25, 0.3) is 5.69 Å². The normalized spacial score (nSPS) is 15.9. The number of anilines is 1. The van der Waals surface area contributed by atoms with Gasteiger partial charge in [0.15, 0.2) is 0 Å². The second-order valence-corrected chi connectivity index (χ2v) is 7.90. The van der Waals surface area contributed by atoms with Crippen LogP contribution in [0.25, 0.3) is 0 Å². The quantitative estimate of drug-likeness (QED) is 0.330. The van der Waals surface area contributed by atoms with Gasteiger partial charge in [0.1, 0.15) is 0 Å². The zero-order chi connectivity index (χ0) is 23.9. The van der Waals surface area contributed by atoms with Gasteiger partial charge in [-0.1, -0.05) is 48.0 Å². The summed E-state index contributed by atoms with van der Waals surface area (Å²) in [6, 6.07) is 14.4. The van der Waals surface area contributed by atoms with E-state index in [1.165, 1.54) is 12.1 Å². The Morgan fingerprint density at radius 3 is 1.94 bits per heavy atom. The Kier molecular flexibility index (Phi) is 6.73. The van der Waals surface area contributed by atoms with E-state index in [0.29, 0.717) is 0 Å². The second-order valence-electron chi connectivity index (χ2n) is 7.90. The molecule has 0 radical (unpaired) electrons. The van der Waals surface area contributed by atoms with Gasteiger partial charge in [0.2, 0.25) is 0 Å². The van der Waals surface area contributed by atoms with E-state index in [2.05, 4.69) is 52.9 Å². The minimum Gasteiger partial charge on any atom is -0.378 e. The van der Waals surface area contributed by atoms with Crippen LogP contribution in [-0.2, 0) is 0 Å². The molecule has 4 heteroatoms. The fraction of sp³-hybridized carbons (Fsp3) is 0.0667.